The molecule has 0 N–H and O–H groups in total. The van der Waals surface area contributed by atoms with E-state index >= 15 is 0 Å². The van der Waals surface area contributed by atoms with Crippen LogP contribution >= 0.6 is 0 Å². The average molecular weight is 1170 g/mol. The molecule has 0 atom stereocenters. The number of aromatic nitrogens is 8. The third kappa shape index (κ3) is 33.6. The van der Waals surface area contributed by atoms with Crippen LogP contribution in [0.4, 0.5) is 35.1 Å². The maximum atomic E-state index is 13.0. The lowest BCUT2D eigenvalue weighted by Gasteiger charge is -2.18. The Kier molecular flexibility index (Phi) is 31.1. The van der Waals surface area contributed by atoms with Crippen LogP contribution in [-0.2, 0) is 37.9 Å². The van der Waals surface area contributed by atoms with Crippen molar-refractivity contribution in [2.75, 3.05) is 6.67 Å². The molecule has 0 aliphatic heterocycles. The van der Waals surface area contributed by atoms with Crippen LogP contribution in [0.2, 0.25) is 0 Å². The Morgan fingerprint density at radius 1 is 0.357 bits per heavy atom. The molecule has 7 heterocycles. The molecule has 0 bridgehead atoms. The predicted octanol–water partition coefficient (Wildman–Crippen LogP) is 19.4. The van der Waals surface area contributed by atoms with Crippen LogP contribution in [0.25, 0.3) is 0 Å². The molecule has 7 rings (SSSR count). The van der Waals surface area contributed by atoms with Crippen LogP contribution in [0, 0.1) is 46.9 Å². The van der Waals surface area contributed by atoms with Crippen LogP contribution in [-0.4, -0.2) is 46.5 Å². The van der Waals surface area contributed by atoms with Crippen LogP contribution in [0.1, 0.15) is 212 Å². The third-order valence-electron chi connectivity index (χ3n) is 11.6. The van der Waals surface area contributed by atoms with Gasteiger partial charge in [-0.15, -0.1) is 0 Å². The molecule has 0 radical (unpaired) electrons. The van der Waals surface area contributed by atoms with Gasteiger partial charge in [0.05, 0.1) is 6.67 Å². The van der Waals surface area contributed by atoms with E-state index in [1.54, 1.807) is 36.7 Å². The van der Waals surface area contributed by atoms with Crippen molar-refractivity contribution in [2.24, 2.45) is 5.41 Å². The first-order chi connectivity index (χ1) is 38.1. The van der Waals surface area contributed by atoms with Crippen LogP contribution in [0.5, 0.6) is 0 Å². The molecular formula is C68H96F8N8. The molecule has 0 saturated carbocycles. The topological polar surface area (TPSA) is 103 Å². The van der Waals surface area contributed by atoms with Gasteiger partial charge in [0.25, 0.3) is 0 Å². The number of pyridine rings is 6. The summed E-state index contributed by atoms with van der Waals surface area (Å²) in [7, 11) is 0. The highest BCUT2D eigenvalue weighted by atomic mass is 18.2. The Morgan fingerprint density at radius 2 is 0.881 bits per heavy atom. The summed E-state index contributed by atoms with van der Waals surface area (Å²) in [6.07, 6.45) is 12.1. The average Bonchev–Trinajstić information content (AvgIpc) is 3.52. The summed E-state index contributed by atoms with van der Waals surface area (Å²) >= 11 is 0. The third-order valence-corrected chi connectivity index (χ3v) is 11.6. The van der Waals surface area contributed by atoms with Crippen molar-refractivity contribution < 1.29 is 35.1 Å². The zero-order valence-corrected chi connectivity index (χ0v) is 54.6. The first kappa shape index (κ1) is 77.4. The highest BCUT2D eigenvalue weighted by Crippen LogP contribution is 2.26. The Balaban J connectivity index is 0.000000940. The monoisotopic (exact) mass is 1170 g/mol. The minimum absolute atomic E-state index is 0.00375. The molecule has 0 saturated heterocycles. The Labute approximate surface area is 498 Å². The first-order valence-electron chi connectivity index (χ1n) is 27.8. The van der Waals surface area contributed by atoms with Crippen LogP contribution < -0.4 is 0 Å². The fourth-order valence-corrected chi connectivity index (χ4v) is 6.19. The summed E-state index contributed by atoms with van der Waals surface area (Å²) in [4.78, 5) is 29.3. The molecule has 84 heavy (non-hydrogen) atoms. The van der Waals surface area contributed by atoms with Crippen molar-refractivity contribution in [1.29, 1.82) is 0 Å². The fraction of sp³-hybridized carbons (Fsp3) is 0.500. The number of rotatable bonds is 1. The fourth-order valence-electron chi connectivity index (χ4n) is 6.19. The maximum absolute atomic E-state index is 13.0. The second-order valence-electron chi connectivity index (χ2n) is 28.1. The predicted molar refractivity (Wildman–Crippen MR) is 328 cm³/mol. The Bertz CT molecular complexity index is 2710. The van der Waals surface area contributed by atoms with E-state index in [4.69, 9.17) is 0 Å². The van der Waals surface area contributed by atoms with E-state index in [1.807, 2.05) is 158 Å². The first-order valence-corrected chi connectivity index (χ1v) is 27.8. The van der Waals surface area contributed by atoms with Gasteiger partial charge in [0.1, 0.15) is 11.6 Å². The molecular weight excluding hydrogens is 1070 g/mol. The quantitative estimate of drug-likeness (QED) is 0.0910. The van der Waals surface area contributed by atoms with Crippen molar-refractivity contribution in [3.63, 3.8) is 0 Å². The normalized spacial score (nSPS) is 11.7. The van der Waals surface area contributed by atoms with Crippen molar-refractivity contribution in [1.82, 2.24) is 39.9 Å². The van der Waals surface area contributed by atoms with Crippen LogP contribution in [0.3, 0.4) is 0 Å². The number of halogens is 8. The van der Waals surface area contributed by atoms with E-state index in [1.165, 1.54) is 73.6 Å². The van der Waals surface area contributed by atoms with Gasteiger partial charge in [-0.1, -0.05) is 184 Å². The van der Waals surface area contributed by atoms with E-state index in [-0.39, 0.29) is 67.6 Å². The van der Waals surface area contributed by atoms with Crippen molar-refractivity contribution >= 4 is 0 Å². The molecule has 0 spiro atoms. The van der Waals surface area contributed by atoms with Gasteiger partial charge in [0.2, 0.25) is 23.8 Å². The van der Waals surface area contributed by atoms with Gasteiger partial charge >= 0.3 is 6.08 Å². The molecule has 7 aromatic heterocycles. The molecule has 464 valence electrons. The molecule has 0 fully saturated rings. The van der Waals surface area contributed by atoms with Gasteiger partial charge in [-0.2, -0.15) is 22.0 Å². The van der Waals surface area contributed by atoms with Crippen molar-refractivity contribution in [3.05, 3.63) is 203 Å². The lowest BCUT2D eigenvalue weighted by molar-refractivity contribution is 0.316. The standard InChI is InChI=1S/6C9H12FN.C8H11FN2.C6H13F/c1-9(2,3)7-6-11-5-4-8(7)10;1-9(2,3)8-6-7(10)4-5-11-8;1-9(2,3)7-4-5-11-8(10)6-7;1-9(2,3)7-4-5-8(10)11-6-7;1-9(2,3)7-5-4-6-11-8(7)10;1-9(2,3)7-5-4-6-8(10)11-7;1-8(2,3)6-4-10-7(9)11-5-6;1-6(2,3)4-5-7/h6*4-6H,1-3H3;4-5H,1-3H3;4-5H2,1-3H3/i6*10-1;9-1;7-1. The zero-order chi connectivity index (χ0) is 65.3. The number of nitrogens with zero attached hydrogens (tertiary/aromatic N) is 8. The highest BCUT2D eigenvalue weighted by molar-refractivity contribution is 5.23. The Morgan fingerprint density at radius 3 is 1.21 bits per heavy atom. The molecule has 0 aliphatic rings. The summed E-state index contributed by atoms with van der Waals surface area (Å²) < 4.78 is 100.0. The summed E-state index contributed by atoms with van der Waals surface area (Å²) in [6.45, 7) is 48.2. The summed E-state index contributed by atoms with van der Waals surface area (Å²) in [5.41, 5.74) is 5.67. The second kappa shape index (κ2) is 33.8. The molecule has 0 unspecified atom stereocenters. The molecule has 8 nitrogen and oxygen atoms in total. The lowest BCUT2D eigenvalue weighted by atomic mass is 9.88. The van der Waals surface area contributed by atoms with E-state index in [2.05, 4.69) is 60.6 Å². The van der Waals surface area contributed by atoms with E-state index in [0.29, 0.717) is 17.5 Å². The maximum Gasteiger partial charge on any atom is 0.308 e. The van der Waals surface area contributed by atoms with Gasteiger partial charge in [0, 0.05) is 82.9 Å². The van der Waals surface area contributed by atoms with Gasteiger partial charge in [-0.25, -0.2) is 38.7 Å². The second-order valence-corrected chi connectivity index (χ2v) is 28.1. The summed E-state index contributed by atoms with van der Waals surface area (Å²) in [6, 6.07) is 19.1. The summed E-state index contributed by atoms with van der Waals surface area (Å²) in [5, 5.41) is 0. The molecule has 16 heteroatoms. The minimum atomic E-state index is -0.669. The number of alkyl halides is 1. The smallest absolute Gasteiger partial charge is 0.264 e. The van der Waals surface area contributed by atoms with Crippen molar-refractivity contribution in [2.45, 2.75) is 210 Å². The molecule has 0 aromatic carbocycles. The largest absolute Gasteiger partial charge is 0.308 e. The SMILES string of the molecule is CC(C)(C)CC[18F].CC(C)(C)c1cc([18F])ccn1.CC(C)(C)c1ccc([18F])nc1.CC(C)(C)c1cccc([18F])n1.CC(C)(C)c1cccnc1[18F].CC(C)(C)c1ccnc([18F])c1.CC(C)(C)c1cnc([18F])nc1.CC(C)(C)c1cnccc1[18F]. The van der Waals surface area contributed by atoms with E-state index < -0.39 is 23.9 Å². The molecule has 0 amide bonds. The zero-order valence-electron chi connectivity index (χ0n) is 54.6. The van der Waals surface area contributed by atoms with Gasteiger partial charge < -0.3 is 0 Å². The van der Waals surface area contributed by atoms with E-state index in [9.17, 15) is 35.1 Å². The van der Waals surface area contributed by atoms with Crippen LogP contribution in [0.15, 0.2) is 122 Å². The molecule has 7 aromatic rings. The van der Waals surface area contributed by atoms with Gasteiger partial charge in [0.15, 0.2) is 0 Å². The van der Waals surface area contributed by atoms with Gasteiger partial charge in [-0.3, -0.25) is 14.4 Å². The Hall–Kier alpha value is -6.58. The van der Waals surface area contributed by atoms with Crippen molar-refractivity contribution in [3.8, 4) is 0 Å². The van der Waals surface area contributed by atoms with E-state index in [0.717, 1.165) is 28.1 Å². The molecule has 0 aliphatic carbocycles. The summed E-state index contributed by atoms with van der Waals surface area (Å²) in [5.74, 6) is -1.98. The number of hydrogen-bond acceptors (Lipinski definition) is 8. The minimum Gasteiger partial charge on any atom is -0.264 e. The highest BCUT2D eigenvalue weighted by Gasteiger charge is 2.21. The number of hydrogen-bond donors (Lipinski definition) is 0. The van der Waals surface area contributed by atoms with Gasteiger partial charge in [-0.05, 0) is 110 Å². The lowest BCUT2D eigenvalue weighted by Crippen LogP contribution is -2.14.